The summed E-state index contributed by atoms with van der Waals surface area (Å²) < 4.78 is 4.36. The SMILES string of the molecule is C=C(NCCCN)c1ccc2c(c1)n(CC)c(CNC(=O)c1nc(Cl)cnc1N)[n+]2CC. The first kappa shape index (κ1) is 23.5. The van der Waals surface area contributed by atoms with Crippen molar-refractivity contribution in [2.75, 3.05) is 18.8 Å². The Morgan fingerprint density at radius 1 is 1.31 bits per heavy atom. The molecule has 0 atom stereocenters. The number of carbonyl (C=O) groups is 1. The third-order valence-corrected chi connectivity index (χ3v) is 5.46. The molecule has 0 spiro atoms. The number of rotatable bonds is 10. The first-order chi connectivity index (χ1) is 15.4. The summed E-state index contributed by atoms with van der Waals surface area (Å²) in [5.41, 5.74) is 15.4. The number of halogens is 1. The average Bonchev–Trinajstić information content (AvgIpc) is 3.10. The highest BCUT2D eigenvalue weighted by Gasteiger charge is 2.25. The van der Waals surface area contributed by atoms with E-state index in [0.29, 0.717) is 13.1 Å². The predicted molar refractivity (Wildman–Crippen MR) is 127 cm³/mol. The Labute approximate surface area is 192 Å². The first-order valence-electron chi connectivity index (χ1n) is 10.7. The van der Waals surface area contributed by atoms with Gasteiger partial charge in [-0.15, -0.1) is 0 Å². The molecule has 0 saturated carbocycles. The Hall–Kier alpha value is -3.17. The largest absolute Gasteiger partial charge is 0.385 e. The molecule has 32 heavy (non-hydrogen) atoms. The van der Waals surface area contributed by atoms with E-state index in [2.05, 4.69) is 68.4 Å². The summed E-state index contributed by atoms with van der Waals surface area (Å²) >= 11 is 5.87. The molecule has 1 amide bonds. The van der Waals surface area contributed by atoms with E-state index in [0.717, 1.165) is 54.2 Å². The number of amides is 1. The number of nitrogens with two attached hydrogens (primary N) is 2. The molecule has 9 nitrogen and oxygen atoms in total. The number of benzene rings is 1. The lowest BCUT2D eigenvalue weighted by Gasteiger charge is -2.09. The zero-order chi connectivity index (χ0) is 23.3. The number of hydrogen-bond donors (Lipinski definition) is 4. The monoisotopic (exact) mass is 457 g/mol. The van der Waals surface area contributed by atoms with Gasteiger partial charge in [-0.2, -0.15) is 0 Å². The van der Waals surface area contributed by atoms with E-state index in [9.17, 15) is 4.79 Å². The van der Waals surface area contributed by atoms with Crippen LogP contribution in [-0.4, -0.2) is 33.5 Å². The number of nitrogens with one attached hydrogen (secondary N) is 2. The van der Waals surface area contributed by atoms with Crippen LogP contribution in [0.15, 0.2) is 31.0 Å². The van der Waals surface area contributed by atoms with Crippen LogP contribution in [0.5, 0.6) is 0 Å². The number of fused-ring (bicyclic) bond motifs is 1. The summed E-state index contributed by atoms with van der Waals surface area (Å²) in [7, 11) is 0. The molecule has 2 heterocycles. The Balaban J connectivity index is 1.91. The molecule has 1 aromatic carbocycles. The number of hydrogen-bond acceptors (Lipinski definition) is 6. The third-order valence-electron chi connectivity index (χ3n) is 5.27. The number of imidazole rings is 1. The second-order valence-electron chi connectivity index (χ2n) is 7.27. The molecule has 2 aromatic heterocycles. The molecule has 3 aromatic rings. The second-order valence-corrected chi connectivity index (χ2v) is 7.65. The molecule has 10 heteroatoms. The molecule has 6 N–H and O–H groups in total. The lowest BCUT2D eigenvalue weighted by atomic mass is 10.1. The van der Waals surface area contributed by atoms with Gasteiger partial charge in [-0.3, -0.25) is 4.79 Å². The molecular weight excluding hydrogens is 428 g/mol. The van der Waals surface area contributed by atoms with E-state index in [1.54, 1.807) is 0 Å². The van der Waals surface area contributed by atoms with Gasteiger partial charge in [-0.1, -0.05) is 18.2 Å². The van der Waals surface area contributed by atoms with Crippen molar-refractivity contribution >= 4 is 40.1 Å². The summed E-state index contributed by atoms with van der Waals surface area (Å²) in [5, 5.41) is 6.34. The van der Waals surface area contributed by atoms with Crippen molar-refractivity contribution in [1.82, 2.24) is 25.2 Å². The Morgan fingerprint density at radius 2 is 2.09 bits per heavy atom. The molecule has 0 radical (unpaired) electrons. The molecule has 0 fully saturated rings. The zero-order valence-corrected chi connectivity index (χ0v) is 19.2. The van der Waals surface area contributed by atoms with E-state index in [1.165, 1.54) is 6.20 Å². The summed E-state index contributed by atoms with van der Waals surface area (Å²) in [6.45, 7) is 11.5. The van der Waals surface area contributed by atoms with Crippen molar-refractivity contribution in [3.63, 3.8) is 0 Å². The number of aromatic nitrogens is 4. The fourth-order valence-corrected chi connectivity index (χ4v) is 3.84. The number of aryl methyl sites for hydroxylation is 2. The first-order valence-corrected chi connectivity index (χ1v) is 11.0. The molecule has 0 saturated heterocycles. The molecule has 170 valence electrons. The van der Waals surface area contributed by atoms with Gasteiger partial charge in [0.15, 0.2) is 22.5 Å². The van der Waals surface area contributed by atoms with Gasteiger partial charge in [0.05, 0.1) is 19.3 Å². The van der Waals surface area contributed by atoms with Gasteiger partial charge < -0.3 is 22.1 Å². The van der Waals surface area contributed by atoms with Crippen molar-refractivity contribution in [2.24, 2.45) is 5.73 Å². The smallest absolute Gasteiger partial charge is 0.277 e. The van der Waals surface area contributed by atoms with Crippen molar-refractivity contribution in [3.8, 4) is 0 Å². The summed E-state index contributed by atoms with van der Waals surface area (Å²) in [6.07, 6.45) is 2.19. The number of nitrogen functional groups attached to an aromatic ring is 1. The van der Waals surface area contributed by atoms with Gasteiger partial charge in [0.25, 0.3) is 11.7 Å². The molecule has 0 unspecified atom stereocenters. The minimum atomic E-state index is -0.425. The van der Waals surface area contributed by atoms with Crippen molar-refractivity contribution < 1.29 is 9.36 Å². The summed E-state index contributed by atoms with van der Waals surface area (Å²) in [5.74, 6) is 0.577. The van der Waals surface area contributed by atoms with Crippen LogP contribution in [0, 0.1) is 0 Å². The Bertz CT molecular complexity index is 1140. The molecule has 3 rings (SSSR count). The maximum absolute atomic E-state index is 12.7. The van der Waals surface area contributed by atoms with E-state index < -0.39 is 5.91 Å². The maximum atomic E-state index is 12.7. The molecule has 0 aliphatic heterocycles. The molecule has 0 aliphatic carbocycles. The van der Waals surface area contributed by atoms with Crippen LogP contribution < -0.4 is 26.7 Å². The topological polar surface area (TPSA) is 128 Å². The van der Waals surface area contributed by atoms with Crippen molar-refractivity contribution in [1.29, 1.82) is 0 Å². The van der Waals surface area contributed by atoms with Crippen LogP contribution >= 0.6 is 11.6 Å². The molecule has 0 bridgehead atoms. The van der Waals surface area contributed by atoms with Gasteiger partial charge in [0.1, 0.15) is 11.7 Å². The van der Waals surface area contributed by atoms with E-state index in [4.69, 9.17) is 23.1 Å². The van der Waals surface area contributed by atoms with Crippen molar-refractivity contribution in [3.05, 3.63) is 53.2 Å². The molecule has 0 aliphatic rings. The number of carbonyl (C=O) groups excluding carboxylic acids is 1. The highest BCUT2D eigenvalue weighted by molar-refractivity contribution is 6.29. The lowest BCUT2D eigenvalue weighted by molar-refractivity contribution is -0.676. The van der Waals surface area contributed by atoms with E-state index >= 15 is 0 Å². The van der Waals surface area contributed by atoms with Crippen LogP contribution in [0.1, 0.15) is 42.1 Å². The minimum Gasteiger partial charge on any atom is -0.385 e. The van der Waals surface area contributed by atoms with Crippen LogP contribution in [0.25, 0.3) is 16.7 Å². The van der Waals surface area contributed by atoms with Crippen LogP contribution in [0.4, 0.5) is 5.82 Å². The predicted octanol–water partition coefficient (Wildman–Crippen LogP) is 1.83. The normalized spacial score (nSPS) is 11.0. The van der Waals surface area contributed by atoms with Crippen LogP contribution in [-0.2, 0) is 19.6 Å². The van der Waals surface area contributed by atoms with Gasteiger partial charge in [-0.05, 0) is 45.0 Å². The van der Waals surface area contributed by atoms with Gasteiger partial charge in [0.2, 0.25) is 0 Å². The fraction of sp³-hybridized carbons (Fsp3) is 0.364. The van der Waals surface area contributed by atoms with E-state index in [1.807, 2.05) is 0 Å². The van der Waals surface area contributed by atoms with Crippen LogP contribution in [0.3, 0.4) is 0 Å². The lowest BCUT2D eigenvalue weighted by Crippen LogP contribution is -2.40. The zero-order valence-electron chi connectivity index (χ0n) is 18.5. The maximum Gasteiger partial charge on any atom is 0.277 e. The second kappa shape index (κ2) is 10.4. The third kappa shape index (κ3) is 4.84. The van der Waals surface area contributed by atoms with Gasteiger partial charge in [-0.25, -0.2) is 19.1 Å². The Morgan fingerprint density at radius 3 is 2.78 bits per heavy atom. The van der Waals surface area contributed by atoms with Crippen LogP contribution in [0.2, 0.25) is 5.15 Å². The Kier molecular flexibility index (Phi) is 7.66. The average molecular weight is 458 g/mol. The summed E-state index contributed by atoms with van der Waals surface area (Å²) in [4.78, 5) is 20.6. The molecular formula is C22H30ClN8O+. The standard InChI is InChI=1S/C22H29ClN8O/c1-4-30-16-8-7-15(14(3)26-10-6-9-24)11-17(16)31(5-2)19(30)13-28-22(32)20-21(25)27-12-18(23)29-20/h7-8,11-12,26H,3-6,9-10,13,24H2,1-2H3,(H2-,25,27,28,32)/p+1. The fourth-order valence-electron chi connectivity index (χ4n) is 3.71. The minimum absolute atomic E-state index is 0.0156. The van der Waals surface area contributed by atoms with E-state index in [-0.39, 0.29) is 16.7 Å². The summed E-state index contributed by atoms with van der Waals surface area (Å²) in [6, 6.07) is 6.26. The number of nitrogens with zero attached hydrogens (tertiary/aromatic N) is 4. The highest BCUT2D eigenvalue weighted by Crippen LogP contribution is 2.20. The quantitative estimate of drug-likeness (QED) is 0.271. The highest BCUT2D eigenvalue weighted by atomic mass is 35.5. The number of anilines is 1. The van der Waals surface area contributed by atoms with Crippen molar-refractivity contribution in [2.45, 2.75) is 39.9 Å². The van der Waals surface area contributed by atoms with Gasteiger partial charge >= 0.3 is 0 Å². The van der Waals surface area contributed by atoms with Gasteiger partial charge in [0, 0.05) is 17.8 Å².